The number of aliphatic imine (C=N–C) groups is 1. The lowest BCUT2D eigenvalue weighted by Gasteiger charge is -2.15. The van der Waals surface area contributed by atoms with E-state index in [2.05, 4.69) is 9.98 Å². The van der Waals surface area contributed by atoms with Crippen molar-refractivity contribution >= 4 is 46.3 Å². The third kappa shape index (κ3) is 4.09. The van der Waals surface area contributed by atoms with E-state index >= 15 is 0 Å². The summed E-state index contributed by atoms with van der Waals surface area (Å²) in [6, 6.07) is 19.2. The van der Waals surface area contributed by atoms with Crippen LogP contribution in [0.15, 0.2) is 89.0 Å². The molecule has 1 N–H and O–H groups in total. The molecule has 142 valence electrons. The number of carboxylic acids is 1. The molecule has 0 atom stereocenters. The maximum Gasteiger partial charge on any atom is 0.335 e. The Kier molecular flexibility index (Phi) is 5.22. The van der Waals surface area contributed by atoms with Gasteiger partial charge in [0.05, 0.1) is 21.8 Å². The lowest BCUT2D eigenvalue weighted by Crippen LogP contribution is -2.28. The van der Waals surface area contributed by atoms with Gasteiger partial charge in [0.1, 0.15) is 0 Å². The van der Waals surface area contributed by atoms with Crippen molar-refractivity contribution < 1.29 is 14.7 Å². The van der Waals surface area contributed by atoms with Gasteiger partial charge in [-0.1, -0.05) is 30.3 Å². The van der Waals surface area contributed by atoms with Gasteiger partial charge in [-0.15, -0.1) is 0 Å². The van der Waals surface area contributed by atoms with Crippen LogP contribution in [0.2, 0.25) is 0 Å². The predicted molar refractivity (Wildman–Crippen MR) is 114 cm³/mol. The average Bonchev–Trinajstić information content (AvgIpc) is 3.04. The van der Waals surface area contributed by atoms with Crippen molar-refractivity contribution in [3.63, 3.8) is 0 Å². The second-order valence-electron chi connectivity index (χ2n) is 6.12. The molecule has 4 rings (SSSR count). The summed E-state index contributed by atoms with van der Waals surface area (Å²) in [6.45, 7) is 0. The highest BCUT2D eigenvalue weighted by atomic mass is 32.2. The molecule has 0 bridgehead atoms. The molecule has 1 amide bonds. The van der Waals surface area contributed by atoms with E-state index in [0.717, 1.165) is 5.56 Å². The Labute approximate surface area is 171 Å². The maximum absolute atomic E-state index is 13.1. The molecule has 1 aliphatic heterocycles. The molecule has 1 aromatic heterocycles. The van der Waals surface area contributed by atoms with E-state index in [1.165, 1.54) is 28.8 Å². The van der Waals surface area contributed by atoms with E-state index in [1.807, 2.05) is 36.4 Å². The van der Waals surface area contributed by atoms with Crippen molar-refractivity contribution in [2.45, 2.75) is 0 Å². The number of carbonyl (C=O) groups is 2. The van der Waals surface area contributed by atoms with Crippen LogP contribution in [-0.2, 0) is 4.79 Å². The number of carboxylic acid groups (broad SMARTS) is 1. The highest BCUT2D eigenvalue weighted by Crippen LogP contribution is 2.37. The number of hydrogen-bond donors (Lipinski definition) is 1. The van der Waals surface area contributed by atoms with Crippen molar-refractivity contribution in [2.24, 2.45) is 4.99 Å². The average molecular weight is 401 g/mol. The first-order chi connectivity index (χ1) is 14.1. The zero-order chi connectivity index (χ0) is 20.2. The number of anilines is 1. The summed E-state index contributed by atoms with van der Waals surface area (Å²) in [4.78, 5) is 35.1. The van der Waals surface area contributed by atoms with E-state index in [-0.39, 0.29) is 11.5 Å². The Morgan fingerprint density at radius 3 is 2.62 bits per heavy atom. The lowest BCUT2D eigenvalue weighted by molar-refractivity contribution is -0.113. The number of aromatic nitrogens is 1. The summed E-state index contributed by atoms with van der Waals surface area (Å²) in [5.41, 5.74) is 2.10. The Balaban J connectivity index is 1.78. The van der Waals surface area contributed by atoms with E-state index < -0.39 is 5.97 Å². The van der Waals surface area contributed by atoms with Gasteiger partial charge in [0.2, 0.25) is 0 Å². The van der Waals surface area contributed by atoms with Crippen molar-refractivity contribution in [1.82, 2.24) is 4.98 Å². The van der Waals surface area contributed by atoms with Crippen LogP contribution in [0, 0.1) is 0 Å². The molecule has 0 unspecified atom stereocenters. The number of carbonyl (C=O) groups excluding carboxylic acids is 1. The molecule has 2 aromatic carbocycles. The van der Waals surface area contributed by atoms with Crippen LogP contribution in [-0.4, -0.2) is 27.1 Å². The summed E-state index contributed by atoms with van der Waals surface area (Å²) in [5.74, 6) is -1.22. The molecule has 2 heterocycles. The van der Waals surface area contributed by atoms with Crippen LogP contribution >= 0.6 is 11.8 Å². The summed E-state index contributed by atoms with van der Waals surface area (Å²) >= 11 is 1.24. The van der Waals surface area contributed by atoms with Gasteiger partial charge in [-0.2, -0.15) is 0 Å². The molecule has 3 aromatic rings. The normalized spacial score (nSPS) is 16.6. The molecule has 0 spiro atoms. The third-order valence-electron chi connectivity index (χ3n) is 4.12. The zero-order valence-electron chi connectivity index (χ0n) is 15.1. The van der Waals surface area contributed by atoms with Crippen LogP contribution in [0.3, 0.4) is 0 Å². The van der Waals surface area contributed by atoms with Gasteiger partial charge in [0.15, 0.2) is 5.17 Å². The highest BCUT2D eigenvalue weighted by Gasteiger charge is 2.34. The summed E-state index contributed by atoms with van der Waals surface area (Å²) in [5, 5.41) is 9.67. The number of hydrogen-bond acceptors (Lipinski definition) is 5. The first-order valence-electron chi connectivity index (χ1n) is 8.73. The quantitative estimate of drug-likeness (QED) is 0.647. The molecule has 0 aliphatic carbocycles. The van der Waals surface area contributed by atoms with Crippen LogP contribution in [0.1, 0.15) is 15.9 Å². The topological polar surface area (TPSA) is 82.9 Å². The molecular weight excluding hydrogens is 386 g/mol. The third-order valence-corrected chi connectivity index (χ3v) is 5.09. The highest BCUT2D eigenvalue weighted by molar-refractivity contribution is 8.19. The lowest BCUT2D eigenvalue weighted by atomic mass is 10.2. The standard InChI is InChI=1S/C22H15N3O3S/c26-20-19(12-15-6-5-11-23-14-15)29-22(25(20)18-9-2-1-3-10-18)24-17-8-4-7-16(13-17)21(27)28/h1-14H,(H,27,28)/b19-12-,24-22?. The van der Waals surface area contributed by atoms with Crippen LogP contribution < -0.4 is 4.90 Å². The van der Waals surface area contributed by atoms with Crippen LogP contribution in [0.4, 0.5) is 11.4 Å². The predicted octanol–water partition coefficient (Wildman–Crippen LogP) is 4.59. The fourth-order valence-corrected chi connectivity index (χ4v) is 3.79. The van der Waals surface area contributed by atoms with E-state index in [0.29, 0.717) is 21.4 Å². The number of pyridine rings is 1. The SMILES string of the molecule is O=C(O)c1cccc(N=C2S/C(=C\c3cccnc3)C(=O)N2c2ccccc2)c1. The molecule has 1 aliphatic rings. The van der Waals surface area contributed by atoms with Crippen molar-refractivity contribution in [3.05, 3.63) is 95.2 Å². The number of amidine groups is 1. The minimum absolute atomic E-state index is 0.138. The van der Waals surface area contributed by atoms with Gasteiger partial charge in [-0.05, 0) is 59.8 Å². The zero-order valence-corrected chi connectivity index (χ0v) is 15.9. The number of benzene rings is 2. The Morgan fingerprint density at radius 1 is 1.07 bits per heavy atom. The monoisotopic (exact) mass is 401 g/mol. The van der Waals surface area contributed by atoms with Gasteiger partial charge in [-0.25, -0.2) is 9.79 Å². The smallest absolute Gasteiger partial charge is 0.335 e. The molecule has 29 heavy (non-hydrogen) atoms. The minimum atomic E-state index is -1.03. The van der Waals surface area contributed by atoms with E-state index in [9.17, 15) is 14.7 Å². The van der Waals surface area contributed by atoms with E-state index in [4.69, 9.17) is 0 Å². The number of thioether (sulfide) groups is 1. The molecule has 0 radical (unpaired) electrons. The molecule has 6 nitrogen and oxygen atoms in total. The van der Waals surface area contributed by atoms with Crippen molar-refractivity contribution in [1.29, 1.82) is 0 Å². The molecule has 1 fully saturated rings. The van der Waals surface area contributed by atoms with Gasteiger partial charge >= 0.3 is 5.97 Å². The Hall–Kier alpha value is -3.71. The Bertz CT molecular complexity index is 1130. The Morgan fingerprint density at radius 2 is 1.90 bits per heavy atom. The van der Waals surface area contributed by atoms with Gasteiger partial charge in [0.25, 0.3) is 5.91 Å². The number of rotatable bonds is 4. The second-order valence-corrected chi connectivity index (χ2v) is 7.13. The summed E-state index contributed by atoms with van der Waals surface area (Å²) < 4.78 is 0. The molecule has 1 saturated heterocycles. The van der Waals surface area contributed by atoms with E-state index in [1.54, 1.807) is 36.7 Å². The first-order valence-corrected chi connectivity index (χ1v) is 9.54. The first kappa shape index (κ1) is 18.6. The number of para-hydroxylation sites is 1. The summed E-state index contributed by atoms with van der Waals surface area (Å²) in [6.07, 6.45) is 5.12. The maximum atomic E-state index is 13.1. The fraction of sp³-hybridized carbons (Fsp3) is 0. The fourth-order valence-electron chi connectivity index (χ4n) is 2.79. The van der Waals surface area contributed by atoms with Gasteiger partial charge in [0, 0.05) is 12.4 Å². The van der Waals surface area contributed by atoms with Crippen molar-refractivity contribution in [2.75, 3.05) is 4.90 Å². The number of aromatic carboxylic acids is 1. The molecule has 0 saturated carbocycles. The largest absolute Gasteiger partial charge is 0.478 e. The van der Waals surface area contributed by atoms with Gasteiger partial charge in [-0.3, -0.25) is 14.7 Å². The molecule has 7 heteroatoms. The minimum Gasteiger partial charge on any atom is -0.478 e. The summed E-state index contributed by atoms with van der Waals surface area (Å²) in [7, 11) is 0. The van der Waals surface area contributed by atoms with Crippen molar-refractivity contribution in [3.8, 4) is 0 Å². The van der Waals surface area contributed by atoms with Gasteiger partial charge < -0.3 is 5.11 Å². The van der Waals surface area contributed by atoms with Crippen LogP contribution in [0.5, 0.6) is 0 Å². The number of amides is 1. The second kappa shape index (κ2) is 8.12. The number of nitrogens with zero attached hydrogens (tertiary/aromatic N) is 3. The molecular formula is C22H15N3O3S. The van der Waals surface area contributed by atoms with Crippen LogP contribution in [0.25, 0.3) is 6.08 Å².